The van der Waals surface area contributed by atoms with Crippen molar-refractivity contribution in [1.29, 1.82) is 0 Å². The van der Waals surface area contributed by atoms with E-state index in [0.717, 1.165) is 35.1 Å². The van der Waals surface area contributed by atoms with Crippen molar-refractivity contribution in [3.63, 3.8) is 0 Å². The van der Waals surface area contributed by atoms with E-state index in [-0.39, 0.29) is 0 Å². The van der Waals surface area contributed by atoms with Crippen molar-refractivity contribution >= 4 is 11.6 Å². The number of nitrogens with one attached hydrogen (secondary N) is 1. The van der Waals surface area contributed by atoms with Gasteiger partial charge in [-0.2, -0.15) is 0 Å². The number of rotatable bonds is 8. The van der Waals surface area contributed by atoms with Crippen LogP contribution in [-0.4, -0.2) is 20.3 Å². The fourth-order valence-corrected chi connectivity index (χ4v) is 2.16. The van der Waals surface area contributed by atoms with E-state index in [9.17, 15) is 0 Å². The zero-order valence-electron chi connectivity index (χ0n) is 12.1. The lowest BCUT2D eigenvalue weighted by molar-refractivity contribution is 0.246. The van der Waals surface area contributed by atoms with Crippen LogP contribution in [0.3, 0.4) is 0 Å². The lowest BCUT2D eigenvalue weighted by Crippen LogP contribution is -2.09. The monoisotopic (exact) mass is 305 g/mol. The molecule has 0 fully saturated rings. The molecule has 21 heavy (non-hydrogen) atoms. The maximum atomic E-state index is 6.00. The van der Waals surface area contributed by atoms with Crippen molar-refractivity contribution < 1.29 is 9.47 Å². The minimum Gasteiger partial charge on any atom is -0.493 e. The molecule has 0 saturated carbocycles. The molecule has 1 N–H and O–H groups in total. The van der Waals surface area contributed by atoms with Crippen LogP contribution >= 0.6 is 11.6 Å². The molecule has 0 amide bonds. The van der Waals surface area contributed by atoms with Crippen molar-refractivity contribution in [2.75, 3.05) is 20.3 Å². The number of halogens is 1. The largest absolute Gasteiger partial charge is 0.493 e. The zero-order valence-corrected chi connectivity index (χ0v) is 12.9. The number of ether oxygens (including phenoxy) is 2. The molecule has 0 spiro atoms. The summed E-state index contributed by atoms with van der Waals surface area (Å²) in [6.45, 7) is 1.99. The van der Waals surface area contributed by atoms with Crippen LogP contribution in [0.2, 0.25) is 5.02 Å². The third-order valence-electron chi connectivity index (χ3n) is 2.95. The Morgan fingerprint density at radius 3 is 2.52 bits per heavy atom. The van der Waals surface area contributed by atoms with E-state index in [2.05, 4.69) is 5.32 Å². The lowest BCUT2D eigenvalue weighted by Gasteiger charge is -2.12. The van der Waals surface area contributed by atoms with Crippen LogP contribution in [0.4, 0.5) is 0 Å². The molecule has 0 aliphatic carbocycles. The van der Waals surface area contributed by atoms with Gasteiger partial charge in [0.05, 0.1) is 13.2 Å². The molecule has 3 nitrogen and oxygen atoms in total. The van der Waals surface area contributed by atoms with Crippen LogP contribution in [0.15, 0.2) is 48.5 Å². The summed E-state index contributed by atoms with van der Waals surface area (Å²) in [6.07, 6.45) is 0.830. The maximum Gasteiger partial charge on any atom is 0.123 e. The first-order valence-corrected chi connectivity index (χ1v) is 7.41. The summed E-state index contributed by atoms with van der Waals surface area (Å²) in [6, 6.07) is 15.5. The molecule has 0 unspecified atom stereocenters. The average Bonchev–Trinajstić information content (AvgIpc) is 2.50. The quantitative estimate of drug-likeness (QED) is 0.750. The van der Waals surface area contributed by atoms with E-state index in [1.807, 2.05) is 55.6 Å². The highest BCUT2D eigenvalue weighted by Crippen LogP contribution is 2.23. The fraction of sp³-hybridized carbons (Fsp3) is 0.294. The molecule has 0 aliphatic heterocycles. The first-order chi connectivity index (χ1) is 10.3. The van der Waals surface area contributed by atoms with Gasteiger partial charge in [-0.3, -0.25) is 0 Å². The second kappa shape index (κ2) is 8.55. The summed E-state index contributed by atoms with van der Waals surface area (Å²) < 4.78 is 11.4. The van der Waals surface area contributed by atoms with Gasteiger partial charge in [-0.15, -0.1) is 0 Å². The maximum absolute atomic E-state index is 6.00. The molecule has 0 heterocycles. The van der Waals surface area contributed by atoms with Gasteiger partial charge >= 0.3 is 0 Å². The standard InChI is InChI=1S/C17H20ClNO2/c1-19-13-14-12-15(18)8-9-17(14)21-11-5-10-20-16-6-3-2-4-7-16/h2-4,6-9,12,19H,5,10-11,13H2,1H3. The molecule has 2 aromatic carbocycles. The van der Waals surface area contributed by atoms with Crippen molar-refractivity contribution in [2.24, 2.45) is 0 Å². The van der Waals surface area contributed by atoms with Gasteiger partial charge in [0.15, 0.2) is 0 Å². The predicted octanol–water partition coefficient (Wildman–Crippen LogP) is 3.91. The van der Waals surface area contributed by atoms with Crippen LogP contribution in [-0.2, 0) is 6.54 Å². The van der Waals surface area contributed by atoms with E-state index >= 15 is 0 Å². The molecule has 0 atom stereocenters. The SMILES string of the molecule is CNCc1cc(Cl)ccc1OCCCOc1ccccc1. The molecule has 2 aromatic rings. The van der Waals surface area contributed by atoms with Crippen molar-refractivity contribution in [3.8, 4) is 11.5 Å². The van der Waals surface area contributed by atoms with E-state index < -0.39 is 0 Å². The second-order valence-electron chi connectivity index (χ2n) is 4.65. The molecule has 112 valence electrons. The van der Waals surface area contributed by atoms with E-state index in [1.54, 1.807) is 0 Å². The molecule has 0 radical (unpaired) electrons. The summed E-state index contributed by atoms with van der Waals surface area (Å²) in [4.78, 5) is 0. The zero-order chi connectivity index (χ0) is 14.9. The molecule has 4 heteroatoms. The Labute approximate surface area is 130 Å². The van der Waals surface area contributed by atoms with Crippen LogP contribution in [0, 0.1) is 0 Å². The Bertz CT molecular complexity index is 546. The molecule has 2 rings (SSSR count). The molecular formula is C17H20ClNO2. The number of hydrogen-bond acceptors (Lipinski definition) is 3. The third kappa shape index (κ3) is 5.29. The Hall–Kier alpha value is -1.71. The smallest absolute Gasteiger partial charge is 0.123 e. The van der Waals surface area contributed by atoms with E-state index in [0.29, 0.717) is 13.2 Å². The summed E-state index contributed by atoms with van der Waals surface area (Å²) in [5.41, 5.74) is 1.06. The highest BCUT2D eigenvalue weighted by atomic mass is 35.5. The Kier molecular flexibility index (Phi) is 6.38. The van der Waals surface area contributed by atoms with Gasteiger partial charge in [-0.1, -0.05) is 29.8 Å². The van der Waals surface area contributed by atoms with Gasteiger partial charge in [0.2, 0.25) is 0 Å². The third-order valence-corrected chi connectivity index (χ3v) is 3.18. The summed E-state index contributed by atoms with van der Waals surface area (Å²) in [5.74, 6) is 1.76. The summed E-state index contributed by atoms with van der Waals surface area (Å²) in [5, 5.41) is 3.83. The first-order valence-electron chi connectivity index (χ1n) is 7.03. The van der Waals surface area contributed by atoms with Gasteiger partial charge in [-0.05, 0) is 37.4 Å². The Balaban J connectivity index is 1.75. The van der Waals surface area contributed by atoms with Crippen molar-refractivity contribution in [3.05, 3.63) is 59.1 Å². The van der Waals surface area contributed by atoms with Crippen molar-refractivity contribution in [2.45, 2.75) is 13.0 Å². The molecule has 0 aliphatic rings. The normalized spacial score (nSPS) is 10.4. The van der Waals surface area contributed by atoms with Gasteiger partial charge in [-0.25, -0.2) is 0 Å². The topological polar surface area (TPSA) is 30.5 Å². The molecule has 0 aromatic heterocycles. The van der Waals surface area contributed by atoms with E-state index in [4.69, 9.17) is 21.1 Å². The average molecular weight is 306 g/mol. The lowest BCUT2D eigenvalue weighted by atomic mass is 10.2. The predicted molar refractivity (Wildman–Crippen MR) is 86.3 cm³/mol. The minimum atomic E-state index is 0.616. The van der Waals surface area contributed by atoms with Crippen LogP contribution in [0.5, 0.6) is 11.5 Å². The van der Waals surface area contributed by atoms with E-state index in [1.165, 1.54) is 0 Å². The van der Waals surface area contributed by atoms with Crippen molar-refractivity contribution in [1.82, 2.24) is 5.32 Å². The van der Waals surface area contributed by atoms with Gasteiger partial charge in [0, 0.05) is 23.6 Å². The second-order valence-corrected chi connectivity index (χ2v) is 5.08. The van der Waals surface area contributed by atoms with Crippen LogP contribution in [0.25, 0.3) is 0 Å². The van der Waals surface area contributed by atoms with Gasteiger partial charge < -0.3 is 14.8 Å². The fourth-order valence-electron chi connectivity index (χ4n) is 1.97. The summed E-state index contributed by atoms with van der Waals surface area (Å²) >= 11 is 6.00. The highest BCUT2D eigenvalue weighted by molar-refractivity contribution is 6.30. The van der Waals surface area contributed by atoms with Gasteiger partial charge in [0.1, 0.15) is 11.5 Å². The highest BCUT2D eigenvalue weighted by Gasteiger charge is 2.04. The first kappa shape index (κ1) is 15.7. The molecule has 0 saturated heterocycles. The van der Waals surface area contributed by atoms with Crippen LogP contribution in [0.1, 0.15) is 12.0 Å². The minimum absolute atomic E-state index is 0.616. The molecular weight excluding hydrogens is 286 g/mol. The number of para-hydroxylation sites is 1. The molecule has 0 bridgehead atoms. The van der Waals surface area contributed by atoms with Gasteiger partial charge in [0.25, 0.3) is 0 Å². The number of benzene rings is 2. The van der Waals surface area contributed by atoms with Crippen LogP contribution < -0.4 is 14.8 Å². The number of hydrogen-bond donors (Lipinski definition) is 1. The Morgan fingerprint density at radius 2 is 1.76 bits per heavy atom. The summed E-state index contributed by atoms with van der Waals surface area (Å²) in [7, 11) is 1.90. The Morgan fingerprint density at radius 1 is 1.00 bits per heavy atom.